The molecule has 4 rings (SSSR count). The van der Waals surface area contributed by atoms with Crippen LogP contribution in [-0.2, 0) is 4.79 Å². The van der Waals surface area contributed by atoms with Crippen molar-refractivity contribution in [2.75, 3.05) is 23.3 Å². The van der Waals surface area contributed by atoms with Crippen molar-refractivity contribution in [3.05, 3.63) is 71.3 Å². The Hall–Kier alpha value is -3.21. The van der Waals surface area contributed by atoms with Crippen LogP contribution >= 0.6 is 0 Å². The van der Waals surface area contributed by atoms with Gasteiger partial charge in [0.05, 0.1) is 5.69 Å². The van der Waals surface area contributed by atoms with Gasteiger partial charge in [0.1, 0.15) is 0 Å². The first-order valence-electron chi connectivity index (χ1n) is 10.5. The minimum absolute atomic E-state index is 0.0297. The van der Waals surface area contributed by atoms with Crippen LogP contribution in [0.15, 0.2) is 54.6 Å². The van der Waals surface area contributed by atoms with Crippen molar-refractivity contribution < 1.29 is 4.79 Å². The van der Waals surface area contributed by atoms with E-state index in [-0.39, 0.29) is 11.8 Å². The van der Waals surface area contributed by atoms with Crippen molar-refractivity contribution in [1.29, 1.82) is 0 Å². The number of aryl methyl sites for hydroxylation is 3. The second kappa shape index (κ2) is 8.66. The van der Waals surface area contributed by atoms with Crippen LogP contribution in [0.4, 0.5) is 11.5 Å². The summed E-state index contributed by atoms with van der Waals surface area (Å²) >= 11 is 0. The van der Waals surface area contributed by atoms with E-state index in [2.05, 4.69) is 53.3 Å². The highest BCUT2D eigenvalue weighted by molar-refractivity contribution is 5.92. The number of nitrogens with one attached hydrogen (secondary N) is 1. The van der Waals surface area contributed by atoms with E-state index in [4.69, 9.17) is 0 Å². The molecule has 0 saturated carbocycles. The van der Waals surface area contributed by atoms with Gasteiger partial charge in [-0.1, -0.05) is 30.3 Å². The van der Waals surface area contributed by atoms with Crippen molar-refractivity contribution in [3.63, 3.8) is 0 Å². The van der Waals surface area contributed by atoms with Crippen LogP contribution in [0.1, 0.15) is 29.5 Å². The first-order chi connectivity index (χ1) is 14.5. The summed E-state index contributed by atoms with van der Waals surface area (Å²) in [5.41, 5.74) is 6.49. The maximum absolute atomic E-state index is 12.7. The molecule has 1 aromatic heterocycles. The number of piperidine rings is 1. The minimum Gasteiger partial charge on any atom is -0.355 e. The highest BCUT2D eigenvalue weighted by atomic mass is 16.1. The van der Waals surface area contributed by atoms with Gasteiger partial charge in [0, 0.05) is 30.3 Å². The second-order valence-corrected chi connectivity index (χ2v) is 8.14. The van der Waals surface area contributed by atoms with Crippen LogP contribution < -0.4 is 10.2 Å². The van der Waals surface area contributed by atoms with E-state index < -0.39 is 0 Å². The zero-order valence-electron chi connectivity index (χ0n) is 17.9. The Balaban J connectivity index is 1.35. The maximum atomic E-state index is 12.7. The van der Waals surface area contributed by atoms with Gasteiger partial charge in [0.25, 0.3) is 0 Å². The summed E-state index contributed by atoms with van der Waals surface area (Å²) in [5.74, 6) is 1.02. The summed E-state index contributed by atoms with van der Waals surface area (Å²) in [5, 5.41) is 12.0. The van der Waals surface area contributed by atoms with E-state index in [1.165, 1.54) is 16.7 Å². The molecule has 5 heteroatoms. The Morgan fingerprint density at radius 1 is 0.900 bits per heavy atom. The van der Waals surface area contributed by atoms with E-state index >= 15 is 0 Å². The largest absolute Gasteiger partial charge is 0.355 e. The van der Waals surface area contributed by atoms with Crippen molar-refractivity contribution in [2.45, 2.75) is 33.6 Å². The predicted octanol–water partition coefficient (Wildman–Crippen LogP) is 4.92. The molecule has 0 unspecified atom stereocenters. The fourth-order valence-electron chi connectivity index (χ4n) is 3.93. The van der Waals surface area contributed by atoms with Gasteiger partial charge >= 0.3 is 0 Å². The van der Waals surface area contributed by atoms with Crippen molar-refractivity contribution in [2.24, 2.45) is 5.92 Å². The van der Waals surface area contributed by atoms with Crippen molar-refractivity contribution in [1.82, 2.24) is 10.2 Å². The van der Waals surface area contributed by atoms with E-state index in [0.29, 0.717) is 0 Å². The molecule has 154 valence electrons. The lowest BCUT2D eigenvalue weighted by Gasteiger charge is -2.31. The number of carbonyl (C=O) groups excluding carboxylic acids is 1. The Morgan fingerprint density at radius 3 is 2.33 bits per heavy atom. The third-order valence-corrected chi connectivity index (χ3v) is 6.04. The third kappa shape index (κ3) is 4.35. The number of rotatable bonds is 4. The smallest absolute Gasteiger partial charge is 0.227 e. The summed E-state index contributed by atoms with van der Waals surface area (Å²) in [7, 11) is 0. The molecule has 2 heterocycles. The van der Waals surface area contributed by atoms with Crippen LogP contribution in [0.2, 0.25) is 0 Å². The molecule has 5 nitrogen and oxygen atoms in total. The standard InChI is InChI=1S/C25H28N4O/c1-17-8-9-21(16-19(17)3)26-25(30)20-12-14-29(15-13-20)24-11-10-23(27-28-24)22-7-5-4-6-18(22)2/h4-11,16,20H,12-15H2,1-3H3,(H,26,30). The van der Waals surface area contributed by atoms with Crippen LogP contribution in [0, 0.1) is 26.7 Å². The SMILES string of the molecule is Cc1ccc(NC(=O)C2CCN(c3ccc(-c4ccccc4C)nn3)CC2)cc1C. The van der Waals surface area contributed by atoms with Gasteiger partial charge in [-0.15, -0.1) is 10.2 Å². The minimum atomic E-state index is 0.0297. The zero-order chi connectivity index (χ0) is 21.1. The normalized spacial score (nSPS) is 14.6. The second-order valence-electron chi connectivity index (χ2n) is 8.14. The molecule has 0 spiro atoms. The maximum Gasteiger partial charge on any atom is 0.227 e. The molecular weight excluding hydrogens is 372 g/mol. The molecule has 0 bridgehead atoms. The average Bonchev–Trinajstić information content (AvgIpc) is 2.77. The molecule has 3 aromatic rings. The van der Waals surface area contributed by atoms with Crippen LogP contribution in [0.5, 0.6) is 0 Å². The number of benzene rings is 2. The van der Waals surface area contributed by atoms with Crippen molar-refractivity contribution in [3.8, 4) is 11.3 Å². The fraction of sp³-hybridized carbons (Fsp3) is 0.320. The Morgan fingerprint density at radius 2 is 1.67 bits per heavy atom. The molecule has 1 fully saturated rings. The molecule has 0 aliphatic carbocycles. The number of amides is 1. The highest BCUT2D eigenvalue weighted by Crippen LogP contribution is 2.26. The Labute approximate surface area is 178 Å². The first kappa shape index (κ1) is 20.1. The molecule has 1 aliphatic rings. The molecule has 2 aromatic carbocycles. The topological polar surface area (TPSA) is 58.1 Å². The number of hydrogen-bond acceptors (Lipinski definition) is 4. The molecule has 30 heavy (non-hydrogen) atoms. The third-order valence-electron chi connectivity index (χ3n) is 6.04. The molecule has 1 amide bonds. The lowest BCUT2D eigenvalue weighted by Crippen LogP contribution is -2.38. The molecule has 0 radical (unpaired) electrons. The number of carbonyl (C=O) groups is 1. The number of anilines is 2. The number of hydrogen-bond donors (Lipinski definition) is 1. The van der Waals surface area contributed by atoms with E-state index in [9.17, 15) is 4.79 Å². The lowest BCUT2D eigenvalue weighted by molar-refractivity contribution is -0.120. The van der Waals surface area contributed by atoms with E-state index in [1.807, 2.05) is 42.5 Å². The van der Waals surface area contributed by atoms with E-state index in [0.717, 1.165) is 48.7 Å². The van der Waals surface area contributed by atoms with Gasteiger partial charge < -0.3 is 10.2 Å². The summed E-state index contributed by atoms with van der Waals surface area (Å²) in [6, 6.07) is 18.3. The van der Waals surface area contributed by atoms with Gasteiger partial charge in [0.2, 0.25) is 5.91 Å². The average molecular weight is 401 g/mol. The summed E-state index contributed by atoms with van der Waals surface area (Å²) in [4.78, 5) is 14.9. The van der Waals surface area contributed by atoms with E-state index in [1.54, 1.807) is 0 Å². The van der Waals surface area contributed by atoms with Gasteiger partial charge in [-0.3, -0.25) is 4.79 Å². The Bertz CT molecular complexity index is 1040. The summed E-state index contributed by atoms with van der Waals surface area (Å²) < 4.78 is 0. The van der Waals surface area contributed by atoms with Crippen molar-refractivity contribution >= 4 is 17.4 Å². The quantitative estimate of drug-likeness (QED) is 0.675. The van der Waals surface area contributed by atoms with Gasteiger partial charge in [0.15, 0.2) is 5.82 Å². The van der Waals surface area contributed by atoms with Crippen LogP contribution in [0.3, 0.4) is 0 Å². The lowest BCUT2D eigenvalue weighted by atomic mass is 9.95. The molecule has 1 aliphatic heterocycles. The van der Waals surface area contributed by atoms with Gasteiger partial charge in [-0.05, 0) is 74.6 Å². The first-order valence-corrected chi connectivity index (χ1v) is 10.5. The van der Waals surface area contributed by atoms with Crippen LogP contribution in [0.25, 0.3) is 11.3 Å². The molecular formula is C25H28N4O. The highest BCUT2D eigenvalue weighted by Gasteiger charge is 2.26. The predicted molar refractivity (Wildman–Crippen MR) is 122 cm³/mol. The Kier molecular flexibility index (Phi) is 5.79. The number of aromatic nitrogens is 2. The van der Waals surface area contributed by atoms with Gasteiger partial charge in [-0.2, -0.15) is 0 Å². The number of nitrogens with zero attached hydrogens (tertiary/aromatic N) is 3. The fourth-order valence-corrected chi connectivity index (χ4v) is 3.93. The van der Waals surface area contributed by atoms with Gasteiger partial charge in [-0.25, -0.2) is 0 Å². The molecule has 0 atom stereocenters. The molecule has 1 N–H and O–H groups in total. The monoisotopic (exact) mass is 400 g/mol. The zero-order valence-corrected chi connectivity index (χ0v) is 17.9. The van der Waals surface area contributed by atoms with Crippen LogP contribution in [-0.4, -0.2) is 29.2 Å². The molecule has 1 saturated heterocycles. The summed E-state index contributed by atoms with van der Waals surface area (Å²) in [6.07, 6.45) is 1.63. The summed E-state index contributed by atoms with van der Waals surface area (Å²) in [6.45, 7) is 7.84.